The van der Waals surface area contributed by atoms with Crippen molar-refractivity contribution in [1.29, 1.82) is 0 Å². The van der Waals surface area contributed by atoms with Gasteiger partial charge in [0.2, 0.25) is 0 Å². The lowest BCUT2D eigenvalue weighted by Gasteiger charge is -2.17. The molecular weight excluding hydrogens is 258 g/mol. The first-order chi connectivity index (χ1) is 9.06. The number of hydrogen-bond donors (Lipinski definition) is 3. The SMILES string of the molecule is [N-]=[N+]=N[C@@H]1C[C@@H](CO)O[C@H]1n1cc(O)c(=O)[nH]c1=O. The fourth-order valence-electron chi connectivity index (χ4n) is 1.93. The number of aliphatic hydroxyl groups is 1. The van der Waals surface area contributed by atoms with Crippen LogP contribution in [0.3, 0.4) is 0 Å². The first-order valence-electron chi connectivity index (χ1n) is 5.41. The van der Waals surface area contributed by atoms with Gasteiger partial charge in [-0.2, -0.15) is 0 Å². The van der Waals surface area contributed by atoms with Gasteiger partial charge in [0.15, 0.2) is 5.75 Å². The van der Waals surface area contributed by atoms with Crippen molar-refractivity contribution in [3.63, 3.8) is 0 Å². The summed E-state index contributed by atoms with van der Waals surface area (Å²) < 4.78 is 6.27. The summed E-state index contributed by atoms with van der Waals surface area (Å²) in [6, 6.07) is -0.717. The Balaban J connectivity index is 2.44. The third-order valence-electron chi connectivity index (χ3n) is 2.79. The van der Waals surface area contributed by atoms with Crippen LogP contribution >= 0.6 is 0 Å². The molecule has 1 aliphatic rings. The molecule has 1 aliphatic heterocycles. The van der Waals surface area contributed by atoms with Crippen molar-refractivity contribution < 1.29 is 14.9 Å². The number of nitrogens with zero attached hydrogens (tertiary/aromatic N) is 4. The predicted molar refractivity (Wildman–Crippen MR) is 61.5 cm³/mol. The Labute approximate surface area is 105 Å². The Morgan fingerprint density at radius 3 is 3.00 bits per heavy atom. The van der Waals surface area contributed by atoms with Gasteiger partial charge in [-0.3, -0.25) is 14.3 Å². The van der Waals surface area contributed by atoms with Gasteiger partial charge in [0.05, 0.1) is 24.9 Å². The Bertz CT molecular complexity index is 631. The minimum Gasteiger partial charge on any atom is -0.502 e. The minimum absolute atomic E-state index is 0.234. The van der Waals surface area contributed by atoms with Gasteiger partial charge in [-0.1, -0.05) is 5.11 Å². The van der Waals surface area contributed by atoms with Gasteiger partial charge in [-0.15, -0.1) is 0 Å². The standard InChI is InChI=1S/C9H11N5O5/c10-13-12-5-1-4(3-15)19-8(5)14-2-6(16)7(17)11-9(14)18/h2,4-5,8,15-16H,1,3H2,(H,11,17,18)/t4-,5+,8+/m0/s1. The molecule has 1 saturated heterocycles. The number of azide groups is 1. The second kappa shape index (κ2) is 5.14. The molecule has 0 amide bonds. The number of aromatic nitrogens is 2. The second-order valence-corrected chi connectivity index (χ2v) is 4.02. The third kappa shape index (κ3) is 2.45. The lowest BCUT2D eigenvalue weighted by Crippen LogP contribution is -2.34. The number of aromatic amines is 1. The van der Waals surface area contributed by atoms with Gasteiger partial charge < -0.3 is 14.9 Å². The van der Waals surface area contributed by atoms with Crippen molar-refractivity contribution >= 4 is 0 Å². The first kappa shape index (κ1) is 13.1. The summed E-state index contributed by atoms with van der Waals surface area (Å²) in [5.74, 6) is -0.657. The average molecular weight is 269 g/mol. The summed E-state index contributed by atoms with van der Waals surface area (Å²) in [7, 11) is 0. The number of aromatic hydroxyl groups is 1. The number of aliphatic hydroxyl groups excluding tert-OH is 1. The van der Waals surface area contributed by atoms with Crippen molar-refractivity contribution in [2.45, 2.75) is 24.8 Å². The van der Waals surface area contributed by atoms with Gasteiger partial charge in [0.25, 0.3) is 5.56 Å². The van der Waals surface area contributed by atoms with Gasteiger partial charge in [0.1, 0.15) is 6.23 Å². The molecule has 0 saturated carbocycles. The summed E-state index contributed by atoms with van der Waals surface area (Å²) in [6.45, 7) is -0.294. The van der Waals surface area contributed by atoms with Crippen LogP contribution in [0.1, 0.15) is 12.6 Å². The molecule has 0 aromatic carbocycles. The molecule has 0 spiro atoms. The highest BCUT2D eigenvalue weighted by molar-refractivity contribution is 5.10. The van der Waals surface area contributed by atoms with Crippen LogP contribution in [0, 0.1) is 0 Å². The van der Waals surface area contributed by atoms with E-state index in [4.69, 9.17) is 15.4 Å². The molecule has 3 atom stereocenters. The number of H-pyrrole nitrogens is 1. The zero-order chi connectivity index (χ0) is 14.0. The molecule has 10 heteroatoms. The van der Waals surface area contributed by atoms with E-state index in [-0.39, 0.29) is 13.0 Å². The van der Waals surface area contributed by atoms with Crippen LogP contribution in [0.4, 0.5) is 0 Å². The summed E-state index contributed by atoms with van der Waals surface area (Å²) >= 11 is 0. The highest BCUT2D eigenvalue weighted by Gasteiger charge is 2.36. The van der Waals surface area contributed by atoms with E-state index >= 15 is 0 Å². The smallest absolute Gasteiger partial charge is 0.330 e. The maximum Gasteiger partial charge on any atom is 0.330 e. The van der Waals surface area contributed by atoms with Crippen LogP contribution in [0.2, 0.25) is 0 Å². The number of ether oxygens (including phenoxy) is 1. The molecule has 0 bridgehead atoms. The Hall–Kier alpha value is -2.29. The second-order valence-electron chi connectivity index (χ2n) is 4.02. The van der Waals surface area contributed by atoms with E-state index in [2.05, 4.69) is 10.0 Å². The van der Waals surface area contributed by atoms with E-state index in [9.17, 15) is 14.7 Å². The summed E-state index contributed by atoms with van der Waals surface area (Å²) in [6.07, 6.45) is -0.423. The molecule has 3 N–H and O–H groups in total. The summed E-state index contributed by atoms with van der Waals surface area (Å²) in [5.41, 5.74) is 6.74. The lowest BCUT2D eigenvalue weighted by molar-refractivity contribution is -0.0282. The molecule has 2 rings (SSSR count). The molecule has 102 valence electrons. The first-order valence-corrected chi connectivity index (χ1v) is 5.41. The number of hydrogen-bond acceptors (Lipinski definition) is 6. The van der Waals surface area contributed by atoms with Crippen molar-refractivity contribution in [2.75, 3.05) is 6.61 Å². The fraction of sp³-hybridized carbons (Fsp3) is 0.556. The topological polar surface area (TPSA) is 153 Å². The molecule has 1 aromatic rings. The van der Waals surface area contributed by atoms with Crippen LogP contribution in [-0.4, -0.2) is 38.5 Å². The molecule has 2 heterocycles. The quantitative estimate of drug-likeness (QED) is 0.372. The largest absolute Gasteiger partial charge is 0.502 e. The number of rotatable bonds is 3. The van der Waals surface area contributed by atoms with E-state index in [1.165, 1.54) is 0 Å². The van der Waals surface area contributed by atoms with Crippen molar-refractivity contribution in [3.8, 4) is 5.75 Å². The van der Waals surface area contributed by atoms with Gasteiger partial charge in [0, 0.05) is 4.91 Å². The fourth-order valence-corrected chi connectivity index (χ4v) is 1.93. The summed E-state index contributed by atoms with van der Waals surface area (Å²) in [5, 5.41) is 21.8. The van der Waals surface area contributed by atoms with Crippen molar-refractivity contribution in [1.82, 2.24) is 9.55 Å². The van der Waals surface area contributed by atoms with E-state index in [0.29, 0.717) is 0 Å². The Morgan fingerprint density at radius 2 is 2.37 bits per heavy atom. The van der Waals surface area contributed by atoms with Crippen LogP contribution in [-0.2, 0) is 4.74 Å². The highest BCUT2D eigenvalue weighted by atomic mass is 16.5. The minimum atomic E-state index is -0.983. The molecule has 0 unspecified atom stereocenters. The third-order valence-corrected chi connectivity index (χ3v) is 2.79. The van der Waals surface area contributed by atoms with Crippen LogP contribution in [0.25, 0.3) is 10.4 Å². The van der Waals surface area contributed by atoms with Gasteiger partial charge in [-0.05, 0) is 12.0 Å². The van der Waals surface area contributed by atoms with Gasteiger partial charge >= 0.3 is 5.69 Å². The zero-order valence-corrected chi connectivity index (χ0v) is 9.63. The number of nitrogens with one attached hydrogen (secondary N) is 1. The molecule has 0 aliphatic carbocycles. The normalized spacial score (nSPS) is 26.1. The van der Waals surface area contributed by atoms with Crippen molar-refractivity contribution in [2.24, 2.45) is 5.11 Å². The van der Waals surface area contributed by atoms with Crippen LogP contribution in [0.15, 0.2) is 20.9 Å². The van der Waals surface area contributed by atoms with E-state index in [1.54, 1.807) is 0 Å². The lowest BCUT2D eigenvalue weighted by atomic mass is 10.2. The Morgan fingerprint density at radius 1 is 1.63 bits per heavy atom. The van der Waals surface area contributed by atoms with Gasteiger partial charge in [-0.25, -0.2) is 4.79 Å². The predicted octanol–water partition coefficient (Wildman–Crippen LogP) is -0.799. The molecule has 0 radical (unpaired) electrons. The van der Waals surface area contributed by atoms with Crippen molar-refractivity contribution in [3.05, 3.63) is 37.5 Å². The molecule has 1 fully saturated rings. The zero-order valence-electron chi connectivity index (χ0n) is 9.63. The average Bonchev–Trinajstić information content (AvgIpc) is 2.77. The molecule has 19 heavy (non-hydrogen) atoms. The highest BCUT2D eigenvalue weighted by Crippen LogP contribution is 2.30. The van der Waals surface area contributed by atoms with E-state index in [1.807, 2.05) is 4.98 Å². The van der Waals surface area contributed by atoms with Crippen LogP contribution in [0.5, 0.6) is 5.75 Å². The van der Waals surface area contributed by atoms with E-state index < -0.39 is 35.4 Å². The van der Waals surface area contributed by atoms with Crippen LogP contribution < -0.4 is 11.2 Å². The Kier molecular flexibility index (Phi) is 3.56. The monoisotopic (exact) mass is 269 g/mol. The maximum atomic E-state index is 11.6. The molecule has 10 nitrogen and oxygen atoms in total. The molecule has 1 aromatic heterocycles. The molecular formula is C9H11N5O5. The van der Waals surface area contributed by atoms with E-state index in [0.717, 1.165) is 10.8 Å². The maximum absolute atomic E-state index is 11.6. The summed E-state index contributed by atoms with van der Waals surface area (Å²) in [4.78, 5) is 27.2.